The highest BCUT2D eigenvalue weighted by Crippen LogP contribution is 2.19. The van der Waals surface area contributed by atoms with E-state index in [-0.39, 0.29) is 17.9 Å². The van der Waals surface area contributed by atoms with Gasteiger partial charge in [0.25, 0.3) is 5.91 Å². The third kappa shape index (κ3) is 4.07. The molecule has 0 spiro atoms. The van der Waals surface area contributed by atoms with Crippen LogP contribution < -0.4 is 0 Å². The SMILES string of the molecule is COCCN1CCN2CCCN(C(=O)c3cc(C)cc(C)c3)CC2C1=O. The van der Waals surface area contributed by atoms with Crippen LogP contribution in [-0.4, -0.2) is 85.5 Å². The van der Waals surface area contributed by atoms with Gasteiger partial charge in [-0.25, -0.2) is 0 Å². The molecule has 2 amide bonds. The average Bonchev–Trinajstić information content (AvgIpc) is 2.83. The molecule has 1 atom stereocenters. The number of ether oxygens (including phenoxy) is 1. The molecule has 0 aromatic heterocycles. The van der Waals surface area contributed by atoms with Crippen molar-refractivity contribution in [2.45, 2.75) is 26.3 Å². The lowest BCUT2D eigenvalue weighted by Gasteiger charge is -2.40. The number of methoxy groups -OCH3 is 1. The van der Waals surface area contributed by atoms with Crippen LogP contribution in [0.15, 0.2) is 18.2 Å². The Bertz CT molecular complexity index is 656. The van der Waals surface area contributed by atoms with E-state index < -0.39 is 0 Å². The van der Waals surface area contributed by atoms with E-state index in [2.05, 4.69) is 11.0 Å². The molecule has 1 aromatic carbocycles. The fraction of sp³-hybridized carbons (Fsp3) is 0.600. The number of hydrogen-bond donors (Lipinski definition) is 0. The highest BCUT2D eigenvalue weighted by Gasteiger charge is 2.38. The number of carbonyl (C=O) groups excluding carboxylic acids is 2. The number of amides is 2. The number of rotatable bonds is 4. The first-order valence-corrected chi connectivity index (χ1v) is 9.39. The Hall–Kier alpha value is -1.92. The molecular weight excluding hydrogens is 330 g/mol. The number of fused-ring (bicyclic) bond motifs is 1. The lowest BCUT2D eigenvalue weighted by Crippen LogP contribution is -2.60. The molecule has 26 heavy (non-hydrogen) atoms. The van der Waals surface area contributed by atoms with Gasteiger partial charge in [0.1, 0.15) is 6.04 Å². The molecular formula is C20H29N3O3. The van der Waals surface area contributed by atoms with Crippen molar-refractivity contribution in [2.75, 3.05) is 53.0 Å². The third-order valence-electron chi connectivity index (χ3n) is 5.28. The summed E-state index contributed by atoms with van der Waals surface area (Å²) in [6, 6.07) is 5.70. The quantitative estimate of drug-likeness (QED) is 0.813. The van der Waals surface area contributed by atoms with Gasteiger partial charge in [-0.05, 0) is 32.4 Å². The minimum absolute atomic E-state index is 0.0282. The summed E-state index contributed by atoms with van der Waals surface area (Å²) in [5.74, 6) is 0.147. The van der Waals surface area contributed by atoms with Crippen molar-refractivity contribution in [3.05, 3.63) is 34.9 Å². The second-order valence-corrected chi connectivity index (χ2v) is 7.35. The number of hydrogen-bond acceptors (Lipinski definition) is 4. The summed E-state index contributed by atoms with van der Waals surface area (Å²) in [6.07, 6.45) is 0.901. The Kier molecular flexibility index (Phi) is 5.94. The van der Waals surface area contributed by atoms with Gasteiger partial charge in [0.2, 0.25) is 5.91 Å². The summed E-state index contributed by atoms with van der Waals surface area (Å²) in [7, 11) is 1.65. The van der Waals surface area contributed by atoms with Gasteiger partial charge in [-0.15, -0.1) is 0 Å². The number of nitrogens with zero attached hydrogens (tertiary/aromatic N) is 3. The van der Waals surface area contributed by atoms with Crippen molar-refractivity contribution < 1.29 is 14.3 Å². The number of carbonyl (C=O) groups is 2. The van der Waals surface area contributed by atoms with E-state index in [1.165, 1.54) is 0 Å². The first kappa shape index (κ1) is 18.9. The minimum atomic E-state index is -0.238. The molecule has 0 bridgehead atoms. The molecule has 1 aromatic rings. The van der Waals surface area contributed by atoms with Gasteiger partial charge in [-0.2, -0.15) is 0 Å². The van der Waals surface area contributed by atoms with Crippen LogP contribution in [0.4, 0.5) is 0 Å². The van der Waals surface area contributed by atoms with E-state index in [1.54, 1.807) is 7.11 Å². The lowest BCUT2D eigenvalue weighted by atomic mass is 10.1. The van der Waals surface area contributed by atoms with Gasteiger partial charge in [0.05, 0.1) is 6.61 Å². The van der Waals surface area contributed by atoms with Gasteiger partial charge in [0.15, 0.2) is 0 Å². The van der Waals surface area contributed by atoms with E-state index in [1.807, 2.05) is 35.8 Å². The van der Waals surface area contributed by atoms with Crippen LogP contribution in [0.5, 0.6) is 0 Å². The molecule has 2 aliphatic heterocycles. The summed E-state index contributed by atoms with van der Waals surface area (Å²) in [5.41, 5.74) is 2.89. The van der Waals surface area contributed by atoms with Gasteiger partial charge in [-0.1, -0.05) is 17.2 Å². The standard InChI is InChI=1S/C20H29N3O3/c1-15-11-16(2)13-17(12-15)19(24)23-6-4-5-21-7-8-22(9-10-26-3)20(25)18(21)14-23/h11-13,18H,4-10,14H2,1-3H3. The van der Waals surface area contributed by atoms with Gasteiger partial charge in [-0.3, -0.25) is 14.5 Å². The van der Waals surface area contributed by atoms with Crippen LogP contribution >= 0.6 is 0 Å². The summed E-state index contributed by atoms with van der Waals surface area (Å²) in [4.78, 5) is 31.9. The zero-order valence-electron chi connectivity index (χ0n) is 16.0. The summed E-state index contributed by atoms with van der Waals surface area (Å²) in [6.45, 7) is 8.81. The Morgan fingerprint density at radius 2 is 1.85 bits per heavy atom. The largest absolute Gasteiger partial charge is 0.383 e. The molecule has 2 heterocycles. The van der Waals surface area contributed by atoms with Crippen molar-refractivity contribution in [3.63, 3.8) is 0 Å². The molecule has 6 nitrogen and oxygen atoms in total. The molecule has 2 fully saturated rings. The third-order valence-corrected chi connectivity index (χ3v) is 5.28. The Morgan fingerprint density at radius 3 is 2.54 bits per heavy atom. The van der Waals surface area contributed by atoms with Crippen molar-refractivity contribution in [1.29, 1.82) is 0 Å². The molecule has 0 radical (unpaired) electrons. The van der Waals surface area contributed by atoms with E-state index in [4.69, 9.17) is 4.74 Å². The van der Waals surface area contributed by atoms with E-state index >= 15 is 0 Å². The molecule has 1 unspecified atom stereocenters. The predicted octanol–water partition coefficient (Wildman–Crippen LogP) is 1.31. The van der Waals surface area contributed by atoms with Crippen LogP contribution in [0.1, 0.15) is 27.9 Å². The Balaban J connectivity index is 1.76. The summed E-state index contributed by atoms with van der Waals surface area (Å²) < 4.78 is 5.12. The first-order valence-electron chi connectivity index (χ1n) is 9.39. The van der Waals surface area contributed by atoms with Crippen LogP contribution in [0.25, 0.3) is 0 Å². The summed E-state index contributed by atoms with van der Waals surface area (Å²) in [5, 5.41) is 0. The second kappa shape index (κ2) is 8.18. The van der Waals surface area contributed by atoms with E-state index in [0.29, 0.717) is 26.2 Å². The highest BCUT2D eigenvalue weighted by molar-refractivity contribution is 5.95. The number of aryl methyl sites for hydroxylation is 2. The maximum Gasteiger partial charge on any atom is 0.253 e. The van der Waals surface area contributed by atoms with Crippen LogP contribution in [0.3, 0.4) is 0 Å². The Morgan fingerprint density at radius 1 is 1.12 bits per heavy atom. The normalized spacial score (nSPS) is 21.5. The monoisotopic (exact) mass is 359 g/mol. The van der Waals surface area contributed by atoms with Crippen molar-refractivity contribution in [3.8, 4) is 0 Å². The Labute approximate surface area is 155 Å². The summed E-state index contributed by atoms with van der Waals surface area (Å²) >= 11 is 0. The predicted molar refractivity (Wildman–Crippen MR) is 100 cm³/mol. The average molecular weight is 359 g/mol. The van der Waals surface area contributed by atoms with E-state index in [0.717, 1.165) is 42.7 Å². The maximum absolute atomic E-state index is 13.1. The van der Waals surface area contributed by atoms with Crippen molar-refractivity contribution >= 4 is 11.8 Å². The molecule has 6 heteroatoms. The fourth-order valence-corrected chi connectivity index (χ4v) is 4.00. The maximum atomic E-state index is 13.1. The van der Waals surface area contributed by atoms with Crippen LogP contribution in [0, 0.1) is 13.8 Å². The molecule has 0 aliphatic carbocycles. The van der Waals surface area contributed by atoms with Gasteiger partial charge >= 0.3 is 0 Å². The molecule has 2 saturated heterocycles. The zero-order chi connectivity index (χ0) is 18.7. The first-order chi connectivity index (χ1) is 12.5. The van der Waals surface area contributed by atoms with Crippen LogP contribution in [-0.2, 0) is 9.53 Å². The molecule has 2 aliphatic rings. The lowest BCUT2D eigenvalue weighted by molar-refractivity contribution is -0.142. The molecule has 0 N–H and O–H groups in total. The van der Waals surface area contributed by atoms with Crippen molar-refractivity contribution in [2.24, 2.45) is 0 Å². The topological polar surface area (TPSA) is 53.1 Å². The second-order valence-electron chi connectivity index (χ2n) is 7.35. The number of benzene rings is 1. The smallest absolute Gasteiger partial charge is 0.253 e. The fourth-order valence-electron chi connectivity index (χ4n) is 4.00. The van der Waals surface area contributed by atoms with Gasteiger partial charge < -0.3 is 14.5 Å². The van der Waals surface area contributed by atoms with E-state index in [9.17, 15) is 9.59 Å². The minimum Gasteiger partial charge on any atom is -0.383 e. The van der Waals surface area contributed by atoms with Gasteiger partial charge in [0, 0.05) is 51.9 Å². The molecule has 142 valence electrons. The zero-order valence-corrected chi connectivity index (χ0v) is 16.0. The highest BCUT2D eigenvalue weighted by atomic mass is 16.5. The van der Waals surface area contributed by atoms with Crippen molar-refractivity contribution in [1.82, 2.24) is 14.7 Å². The molecule has 0 saturated carbocycles. The number of piperazine rings is 1. The van der Waals surface area contributed by atoms with Crippen LogP contribution in [0.2, 0.25) is 0 Å². The molecule has 3 rings (SSSR count).